The van der Waals surface area contributed by atoms with E-state index in [0.717, 1.165) is 41.5 Å². The lowest BCUT2D eigenvalue weighted by molar-refractivity contribution is 0.192. The topological polar surface area (TPSA) is 66.0 Å². The van der Waals surface area contributed by atoms with Crippen LogP contribution in [-0.2, 0) is 4.74 Å². The summed E-state index contributed by atoms with van der Waals surface area (Å²) >= 11 is 0. The van der Waals surface area contributed by atoms with Gasteiger partial charge in [0.2, 0.25) is 0 Å². The van der Waals surface area contributed by atoms with E-state index in [-0.39, 0.29) is 5.92 Å². The molecule has 0 N–H and O–H groups in total. The van der Waals surface area contributed by atoms with Crippen LogP contribution < -0.4 is 0 Å². The Morgan fingerprint density at radius 2 is 2.13 bits per heavy atom. The van der Waals surface area contributed by atoms with Gasteiger partial charge in [-0.05, 0) is 44.5 Å². The Morgan fingerprint density at radius 1 is 1.22 bits per heavy atom. The van der Waals surface area contributed by atoms with Gasteiger partial charge in [0.25, 0.3) is 5.89 Å². The molecule has 6 heteroatoms. The molecule has 2 aromatic heterocycles. The maximum atomic E-state index is 5.44. The molecular formula is C17H18N4O2. The third-order valence-electron chi connectivity index (χ3n) is 4.08. The van der Waals surface area contributed by atoms with Crippen LogP contribution in [0.3, 0.4) is 0 Å². The van der Waals surface area contributed by atoms with Crippen molar-refractivity contribution >= 4 is 0 Å². The molecule has 0 unspecified atom stereocenters. The highest BCUT2D eigenvalue weighted by molar-refractivity contribution is 5.57. The lowest BCUT2D eigenvalue weighted by Gasteiger charge is -2.05. The van der Waals surface area contributed by atoms with Gasteiger partial charge in [0.05, 0.1) is 18.0 Å². The molecule has 3 heterocycles. The molecule has 23 heavy (non-hydrogen) atoms. The first-order valence-corrected chi connectivity index (χ1v) is 7.76. The van der Waals surface area contributed by atoms with Gasteiger partial charge >= 0.3 is 0 Å². The maximum absolute atomic E-state index is 5.44. The third-order valence-corrected chi connectivity index (χ3v) is 4.08. The van der Waals surface area contributed by atoms with Crippen molar-refractivity contribution in [2.75, 3.05) is 13.2 Å². The molecule has 0 radical (unpaired) electrons. The normalized spacial score (nSPS) is 17.7. The molecule has 1 fully saturated rings. The van der Waals surface area contributed by atoms with Crippen molar-refractivity contribution in [3.05, 3.63) is 47.5 Å². The number of rotatable bonds is 3. The molecule has 1 aliphatic rings. The van der Waals surface area contributed by atoms with E-state index in [1.807, 2.05) is 42.8 Å². The van der Waals surface area contributed by atoms with Crippen LogP contribution in [0, 0.1) is 13.8 Å². The van der Waals surface area contributed by atoms with Gasteiger partial charge in [0.15, 0.2) is 5.82 Å². The highest BCUT2D eigenvalue weighted by atomic mass is 16.5. The van der Waals surface area contributed by atoms with Crippen molar-refractivity contribution in [2.24, 2.45) is 0 Å². The number of hydrogen-bond donors (Lipinski definition) is 0. The lowest BCUT2D eigenvalue weighted by Crippen LogP contribution is -2.00. The summed E-state index contributed by atoms with van der Waals surface area (Å²) in [4.78, 5) is 4.54. The SMILES string of the molecule is Cc1cc(C)n(-c2cccc(-c3nc([C@H]4CCOC4)no3)c2)n1. The van der Waals surface area contributed by atoms with E-state index in [1.165, 1.54) is 0 Å². The highest BCUT2D eigenvalue weighted by Crippen LogP contribution is 2.26. The van der Waals surface area contributed by atoms with Crippen molar-refractivity contribution in [1.82, 2.24) is 19.9 Å². The van der Waals surface area contributed by atoms with Crippen LogP contribution in [0.25, 0.3) is 17.1 Å². The second-order valence-electron chi connectivity index (χ2n) is 5.91. The molecule has 1 atom stereocenters. The second-order valence-corrected chi connectivity index (χ2v) is 5.91. The van der Waals surface area contributed by atoms with Gasteiger partial charge in [-0.15, -0.1) is 0 Å². The summed E-state index contributed by atoms with van der Waals surface area (Å²) in [5.74, 6) is 1.51. The first-order valence-electron chi connectivity index (χ1n) is 7.76. The number of aromatic nitrogens is 4. The molecule has 0 aliphatic carbocycles. The summed E-state index contributed by atoms with van der Waals surface area (Å²) in [6.45, 7) is 5.46. The Hall–Kier alpha value is -2.47. The molecule has 1 aromatic carbocycles. The molecule has 118 valence electrons. The minimum Gasteiger partial charge on any atom is -0.381 e. The molecule has 4 rings (SSSR count). The molecule has 0 saturated carbocycles. The minimum absolute atomic E-state index is 0.242. The number of hydrogen-bond acceptors (Lipinski definition) is 5. The van der Waals surface area contributed by atoms with Gasteiger partial charge in [0, 0.05) is 23.8 Å². The van der Waals surface area contributed by atoms with Crippen molar-refractivity contribution in [2.45, 2.75) is 26.2 Å². The average Bonchev–Trinajstić information content (AvgIpc) is 3.27. The summed E-state index contributed by atoms with van der Waals surface area (Å²) < 4.78 is 12.7. The maximum Gasteiger partial charge on any atom is 0.258 e. The van der Waals surface area contributed by atoms with Crippen molar-refractivity contribution in [3.8, 4) is 17.1 Å². The van der Waals surface area contributed by atoms with Crippen molar-refractivity contribution in [1.29, 1.82) is 0 Å². The molecule has 0 amide bonds. The summed E-state index contributed by atoms with van der Waals surface area (Å²) in [5.41, 5.74) is 3.97. The molecule has 6 nitrogen and oxygen atoms in total. The summed E-state index contributed by atoms with van der Waals surface area (Å²) in [6, 6.07) is 10.0. The van der Waals surface area contributed by atoms with Gasteiger partial charge < -0.3 is 9.26 Å². The van der Waals surface area contributed by atoms with Crippen LogP contribution in [0.1, 0.15) is 29.6 Å². The summed E-state index contributed by atoms with van der Waals surface area (Å²) in [7, 11) is 0. The van der Waals surface area contributed by atoms with Crippen LogP contribution >= 0.6 is 0 Å². The number of aryl methyl sites for hydroxylation is 2. The Balaban J connectivity index is 1.67. The molecule has 0 spiro atoms. The predicted molar refractivity (Wildman–Crippen MR) is 84.5 cm³/mol. The second kappa shape index (κ2) is 5.62. The van der Waals surface area contributed by atoms with E-state index >= 15 is 0 Å². The Morgan fingerprint density at radius 3 is 2.87 bits per heavy atom. The van der Waals surface area contributed by atoms with Crippen LogP contribution in [-0.4, -0.2) is 33.1 Å². The quantitative estimate of drug-likeness (QED) is 0.744. The molecule has 1 aliphatic heterocycles. The highest BCUT2D eigenvalue weighted by Gasteiger charge is 2.23. The van der Waals surface area contributed by atoms with Crippen LogP contribution in [0.2, 0.25) is 0 Å². The van der Waals surface area contributed by atoms with E-state index in [9.17, 15) is 0 Å². The molecule has 0 bridgehead atoms. The number of benzene rings is 1. The van der Waals surface area contributed by atoms with E-state index in [2.05, 4.69) is 21.3 Å². The van der Waals surface area contributed by atoms with Gasteiger partial charge in [-0.1, -0.05) is 11.2 Å². The minimum atomic E-state index is 0.242. The van der Waals surface area contributed by atoms with E-state index < -0.39 is 0 Å². The zero-order valence-corrected chi connectivity index (χ0v) is 13.2. The Bertz CT molecular complexity index is 831. The first-order chi connectivity index (χ1) is 11.2. The van der Waals surface area contributed by atoms with Crippen LogP contribution in [0.5, 0.6) is 0 Å². The zero-order chi connectivity index (χ0) is 15.8. The first kappa shape index (κ1) is 14.1. The van der Waals surface area contributed by atoms with E-state index in [1.54, 1.807) is 0 Å². The predicted octanol–water partition coefficient (Wildman–Crippen LogP) is 3.04. The van der Waals surface area contributed by atoms with Crippen LogP contribution in [0.4, 0.5) is 0 Å². The standard InChI is InChI=1S/C17H18N4O2/c1-11-8-12(2)21(19-11)15-5-3-4-13(9-15)17-18-16(20-23-17)14-6-7-22-10-14/h3-5,8-9,14H,6-7,10H2,1-2H3/t14-/m0/s1. The summed E-state index contributed by atoms with van der Waals surface area (Å²) in [5, 5.41) is 8.63. The fourth-order valence-electron chi connectivity index (χ4n) is 2.92. The van der Waals surface area contributed by atoms with Gasteiger partial charge in [0.1, 0.15) is 0 Å². The Kier molecular flexibility index (Phi) is 3.46. The molecule has 3 aromatic rings. The third kappa shape index (κ3) is 2.66. The lowest BCUT2D eigenvalue weighted by atomic mass is 10.1. The average molecular weight is 310 g/mol. The van der Waals surface area contributed by atoms with Gasteiger partial charge in [-0.3, -0.25) is 0 Å². The Labute approximate surface area is 134 Å². The largest absolute Gasteiger partial charge is 0.381 e. The smallest absolute Gasteiger partial charge is 0.258 e. The van der Waals surface area contributed by atoms with Gasteiger partial charge in [-0.2, -0.15) is 10.1 Å². The van der Waals surface area contributed by atoms with Crippen molar-refractivity contribution in [3.63, 3.8) is 0 Å². The van der Waals surface area contributed by atoms with E-state index in [4.69, 9.17) is 9.26 Å². The van der Waals surface area contributed by atoms with E-state index in [0.29, 0.717) is 12.5 Å². The summed E-state index contributed by atoms with van der Waals surface area (Å²) in [6.07, 6.45) is 0.949. The fraction of sp³-hybridized carbons (Fsp3) is 0.353. The monoisotopic (exact) mass is 310 g/mol. The molecular weight excluding hydrogens is 292 g/mol. The van der Waals surface area contributed by atoms with Gasteiger partial charge in [-0.25, -0.2) is 4.68 Å². The van der Waals surface area contributed by atoms with Crippen molar-refractivity contribution < 1.29 is 9.26 Å². The molecule has 1 saturated heterocycles. The van der Waals surface area contributed by atoms with Crippen LogP contribution in [0.15, 0.2) is 34.9 Å². The fourth-order valence-corrected chi connectivity index (χ4v) is 2.92. The number of nitrogens with zero attached hydrogens (tertiary/aromatic N) is 4. The zero-order valence-electron chi connectivity index (χ0n) is 13.2. The number of ether oxygens (including phenoxy) is 1.